The lowest BCUT2D eigenvalue weighted by molar-refractivity contribution is -0.200. The van der Waals surface area contributed by atoms with Gasteiger partial charge in [-0.3, -0.25) is 14.6 Å². The van der Waals surface area contributed by atoms with Crippen LogP contribution in [0.5, 0.6) is 0 Å². The summed E-state index contributed by atoms with van der Waals surface area (Å²) < 4.78 is 41.8. The summed E-state index contributed by atoms with van der Waals surface area (Å²) in [5.41, 5.74) is 11.5. The first-order valence-electron chi connectivity index (χ1n) is 11.6. The second-order valence-electron chi connectivity index (χ2n) is 8.12. The molecule has 0 bridgehead atoms. The number of rotatable bonds is 16. The van der Waals surface area contributed by atoms with E-state index in [2.05, 4.69) is 25.7 Å². The lowest BCUT2D eigenvalue weighted by Crippen LogP contribution is -2.54. The number of halogens is 3. The van der Waals surface area contributed by atoms with E-state index in [1.807, 2.05) is 30.3 Å². The molecule has 0 heterocycles. The molecule has 0 aromatic heterocycles. The Morgan fingerprint density at radius 1 is 1.08 bits per heavy atom. The summed E-state index contributed by atoms with van der Waals surface area (Å²) in [4.78, 5) is 51.2. The third-order valence-electron chi connectivity index (χ3n) is 5.02. The standard InChI is InChI=1S/C23H33F3N6O5/c1-15(19(34)32-17(13-33)10-6-12-30-22(27)28)31-20(35)18(14-37-21(36)23(24,25)26)29-11-5-9-16-7-3-2-4-8-16/h2-4,7-8,13,15,17-18,29H,5-6,9-12,14H2,1H3,(H,31,35)(H,32,34)(H4,27,28,30)/t15-,17-,18+/m0/s1. The molecule has 0 aliphatic heterocycles. The first-order valence-corrected chi connectivity index (χ1v) is 11.6. The van der Waals surface area contributed by atoms with Gasteiger partial charge >= 0.3 is 12.1 Å². The van der Waals surface area contributed by atoms with E-state index in [9.17, 15) is 32.3 Å². The fraction of sp³-hybridized carbons (Fsp3) is 0.522. The molecule has 206 valence electrons. The van der Waals surface area contributed by atoms with Crippen LogP contribution < -0.4 is 27.4 Å². The van der Waals surface area contributed by atoms with Crippen molar-refractivity contribution in [2.75, 3.05) is 19.7 Å². The van der Waals surface area contributed by atoms with Gasteiger partial charge in [0.1, 0.15) is 25.0 Å². The highest BCUT2D eigenvalue weighted by atomic mass is 19.4. The number of aliphatic imine (C=N–C) groups is 1. The molecule has 0 radical (unpaired) electrons. The van der Waals surface area contributed by atoms with Crippen LogP contribution in [-0.2, 0) is 30.3 Å². The lowest BCUT2D eigenvalue weighted by Gasteiger charge is -2.22. The van der Waals surface area contributed by atoms with Gasteiger partial charge in [0.25, 0.3) is 0 Å². The molecule has 0 saturated heterocycles. The van der Waals surface area contributed by atoms with Crippen molar-refractivity contribution >= 4 is 30.0 Å². The summed E-state index contributed by atoms with van der Waals surface area (Å²) in [6.45, 7) is 0.914. The average Bonchev–Trinajstić information content (AvgIpc) is 2.84. The molecule has 0 spiro atoms. The Hall–Kier alpha value is -3.68. The fourth-order valence-corrected chi connectivity index (χ4v) is 3.06. The van der Waals surface area contributed by atoms with Gasteiger partial charge in [0.2, 0.25) is 11.8 Å². The maximum atomic E-state index is 12.7. The van der Waals surface area contributed by atoms with Gasteiger partial charge in [-0.05, 0) is 44.7 Å². The van der Waals surface area contributed by atoms with Gasteiger partial charge in [0.15, 0.2) is 5.96 Å². The van der Waals surface area contributed by atoms with Gasteiger partial charge in [0.05, 0.1) is 6.04 Å². The molecule has 1 rings (SSSR count). The van der Waals surface area contributed by atoms with Crippen molar-refractivity contribution in [3.63, 3.8) is 0 Å². The van der Waals surface area contributed by atoms with Crippen LogP contribution in [0.25, 0.3) is 0 Å². The van der Waals surface area contributed by atoms with Crippen molar-refractivity contribution in [3.8, 4) is 0 Å². The van der Waals surface area contributed by atoms with E-state index >= 15 is 0 Å². The molecule has 0 unspecified atom stereocenters. The number of hydrogen-bond acceptors (Lipinski definition) is 7. The zero-order valence-electron chi connectivity index (χ0n) is 20.4. The number of nitrogens with zero attached hydrogens (tertiary/aromatic N) is 1. The number of benzene rings is 1. The van der Waals surface area contributed by atoms with E-state index in [0.29, 0.717) is 25.5 Å². The minimum atomic E-state index is -5.22. The Kier molecular flexibility index (Phi) is 13.7. The highest BCUT2D eigenvalue weighted by Gasteiger charge is 2.41. The maximum Gasteiger partial charge on any atom is 0.490 e. The van der Waals surface area contributed by atoms with Crippen LogP contribution in [0.3, 0.4) is 0 Å². The summed E-state index contributed by atoms with van der Waals surface area (Å²) in [5.74, 6) is -4.08. The molecule has 0 fully saturated rings. The Balaban J connectivity index is 2.66. The van der Waals surface area contributed by atoms with Gasteiger partial charge in [-0.25, -0.2) is 4.79 Å². The number of aryl methyl sites for hydroxylation is 1. The van der Waals surface area contributed by atoms with E-state index in [-0.39, 0.29) is 25.5 Å². The highest BCUT2D eigenvalue weighted by Crippen LogP contribution is 2.16. The lowest BCUT2D eigenvalue weighted by atomic mass is 10.1. The fourth-order valence-electron chi connectivity index (χ4n) is 3.06. The maximum absolute atomic E-state index is 12.7. The number of ether oxygens (including phenoxy) is 1. The Morgan fingerprint density at radius 3 is 2.35 bits per heavy atom. The minimum absolute atomic E-state index is 0.104. The number of aldehydes is 1. The molecule has 37 heavy (non-hydrogen) atoms. The number of amides is 2. The van der Waals surface area contributed by atoms with E-state index < -0.39 is 48.7 Å². The predicted octanol–water partition coefficient (Wildman–Crippen LogP) is -0.0751. The van der Waals surface area contributed by atoms with Crippen molar-refractivity contribution in [1.29, 1.82) is 0 Å². The molecule has 7 N–H and O–H groups in total. The number of hydrogen-bond donors (Lipinski definition) is 5. The van der Waals surface area contributed by atoms with Crippen LogP contribution in [0.2, 0.25) is 0 Å². The monoisotopic (exact) mass is 530 g/mol. The molecule has 14 heteroatoms. The predicted molar refractivity (Wildman–Crippen MR) is 129 cm³/mol. The summed E-state index contributed by atoms with van der Waals surface area (Å²) in [7, 11) is 0. The van der Waals surface area contributed by atoms with Crippen molar-refractivity contribution in [2.45, 2.75) is 56.9 Å². The highest BCUT2D eigenvalue weighted by molar-refractivity contribution is 5.90. The molecule has 0 aliphatic carbocycles. The van der Waals surface area contributed by atoms with Crippen molar-refractivity contribution in [1.82, 2.24) is 16.0 Å². The third kappa shape index (κ3) is 13.3. The summed E-state index contributed by atoms with van der Waals surface area (Å²) in [6, 6.07) is 6.05. The molecule has 0 saturated carbocycles. The van der Waals surface area contributed by atoms with Gasteiger partial charge in [-0.1, -0.05) is 30.3 Å². The number of alkyl halides is 3. The molecular formula is C23H33F3N6O5. The Bertz CT molecular complexity index is 910. The van der Waals surface area contributed by atoms with Gasteiger partial charge in [-0.15, -0.1) is 0 Å². The zero-order valence-corrected chi connectivity index (χ0v) is 20.4. The molecular weight excluding hydrogens is 497 g/mol. The van der Waals surface area contributed by atoms with Crippen LogP contribution in [0.1, 0.15) is 31.7 Å². The topological polar surface area (TPSA) is 178 Å². The molecule has 11 nitrogen and oxygen atoms in total. The van der Waals surface area contributed by atoms with Crippen LogP contribution in [-0.4, -0.2) is 74.0 Å². The molecule has 0 aliphatic rings. The van der Waals surface area contributed by atoms with Crippen LogP contribution in [0, 0.1) is 0 Å². The van der Waals surface area contributed by atoms with Gasteiger partial charge < -0.3 is 36.9 Å². The van der Waals surface area contributed by atoms with Crippen molar-refractivity contribution in [2.24, 2.45) is 16.5 Å². The SMILES string of the molecule is C[C@H](NC(=O)[C@@H](COC(=O)C(F)(F)F)NCCCc1ccccc1)C(=O)N[C@H](C=O)CCCN=C(N)N. The first kappa shape index (κ1) is 31.4. The molecule has 1 aromatic carbocycles. The summed E-state index contributed by atoms with van der Waals surface area (Å²) in [6.07, 6.45) is -2.87. The second kappa shape index (κ2) is 16.1. The van der Waals surface area contributed by atoms with E-state index in [0.717, 1.165) is 5.56 Å². The number of nitrogens with two attached hydrogens (primary N) is 2. The Morgan fingerprint density at radius 2 is 1.76 bits per heavy atom. The quantitative estimate of drug-likeness (QED) is 0.0648. The van der Waals surface area contributed by atoms with E-state index in [1.165, 1.54) is 6.92 Å². The second-order valence-corrected chi connectivity index (χ2v) is 8.12. The number of carbonyl (C=O) groups is 4. The zero-order chi connectivity index (χ0) is 27.8. The third-order valence-corrected chi connectivity index (χ3v) is 5.02. The van der Waals surface area contributed by atoms with E-state index in [4.69, 9.17) is 11.5 Å². The average molecular weight is 531 g/mol. The van der Waals surface area contributed by atoms with Gasteiger partial charge in [-0.2, -0.15) is 13.2 Å². The van der Waals surface area contributed by atoms with Crippen LogP contribution in [0.4, 0.5) is 13.2 Å². The minimum Gasteiger partial charge on any atom is -0.457 e. The molecule has 2 amide bonds. The van der Waals surface area contributed by atoms with Crippen molar-refractivity contribution in [3.05, 3.63) is 35.9 Å². The summed E-state index contributed by atoms with van der Waals surface area (Å²) in [5, 5.41) is 7.57. The Labute approximate surface area is 212 Å². The number of carbonyl (C=O) groups excluding carboxylic acids is 4. The smallest absolute Gasteiger partial charge is 0.457 e. The van der Waals surface area contributed by atoms with Crippen LogP contribution >= 0.6 is 0 Å². The largest absolute Gasteiger partial charge is 0.490 e. The molecule has 3 atom stereocenters. The molecule has 1 aromatic rings. The van der Waals surface area contributed by atoms with Gasteiger partial charge in [0, 0.05) is 6.54 Å². The number of nitrogens with one attached hydrogen (secondary N) is 3. The number of guanidine groups is 1. The van der Waals surface area contributed by atoms with Crippen LogP contribution in [0.15, 0.2) is 35.3 Å². The van der Waals surface area contributed by atoms with E-state index in [1.54, 1.807) is 0 Å². The first-order chi connectivity index (χ1) is 17.4. The summed E-state index contributed by atoms with van der Waals surface area (Å²) >= 11 is 0. The number of esters is 1. The van der Waals surface area contributed by atoms with Crippen molar-refractivity contribution < 1.29 is 37.1 Å². The normalized spacial score (nSPS) is 13.5.